The lowest BCUT2D eigenvalue weighted by atomic mass is 10.2. The summed E-state index contributed by atoms with van der Waals surface area (Å²) in [5.41, 5.74) is 4.11. The summed E-state index contributed by atoms with van der Waals surface area (Å²) in [5.74, 6) is 3.10. The average molecular weight is 345 g/mol. The Morgan fingerprint density at radius 3 is 2.58 bits per heavy atom. The minimum Gasteiger partial charge on any atom is -0.485 e. The van der Waals surface area contributed by atoms with E-state index in [1.165, 1.54) is 12.1 Å². The van der Waals surface area contributed by atoms with Gasteiger partial charge < -0.3 is 9.30 Å². The number of terminal acetylenes is 1. The molecule has 0 bridgehead atoms. The molecular formula is C19H18ClFN2O. The van der Waals surface area contributed by atoms with E-state index in [0.717, 1.165) is 27.7 Å². The predicted molar refractivity (Wildman–Crippen MR) is 96.0 cm³/mol. The number of rotatable bonds is 4. The van der Waals surface area contributed by atoms with Crippen LogP contribution >= 0.6 is 12.4 Å². The van der Waals surface area contributed by atoms with Gasteiger partial charge in [0.15, 0.2) is 5.75 Å². The molecule has 0 fully saturated rings. The number of fused-ring (bicyclic) bond motifs is 1. The fourth-order valence-electron chi connectivity index (χ4n) is 2.69. The van der Waals surface area contributed by atoms with Gasteiger partial charge in [-0.2, -0.15) is 0 Å². The largest absolute Gasteiger partial charge is 0.485 e. The number of nitrogens with zero attached hydrogens (tertiary/aromatic N) is 2. The average Bonchev–Trinajstić information content (AvgIpc) is 2.80. The van der Waals surface area contributed by atoms with Crippen LogP contribution in [0.2, 0.25) is 0 Å². The summed E-state index contributed by atoms with van der Waals surface area (Å²) in [6.07, 6.45) is 9.02. The second-order valence-electron chi connectivity index (χ2n) is 5.45. The van der Waals surface area contributed by atoms with Gasteiger partial charge in [0.2, 0.25) is 0 Å². The normalized spacial score (nSPS) is 10.2. The molecule has 0 atom stereocenters. The van der Waals surface area contributed by atoms with Gasteiger partial charge in [0.1, 0.15) is 12.4 Å². The number of hydrogen-bond acceptors (Lipinski definition) is 2. The SMILES string of the molecule is C#CCn1c(C)c(C)c2cncc(OCc3ccc(F)cc3)c21.Cl. The first-order valence-electron chi connectivity index (χ1n) is 7.36. The van der Waals surface area contributed by atoms with Crippen LogP contribution < -0.4 is 4.74 Å². The van der Waals surface area contributed by atoms with Crippen molar-refractivity contribution in [2.24, 2.45) is 0 Å². The van der Waals surface area contributed by atoms with Gasteiger partial charge in [0.05, 0.1) is 18.3 Å². The first-order valence-corrected chi connectivity index (χ1v) is 7.36. The molecule has 0 unspecified atom stereocenters. The van der Waals surface area contributed by atoms with Crippen molar-refractivity contribution in [1.82, 2.24) is 9.55 Å². The number of ether oxygens (including phenoxy) is 1. The van der Waals surface area contributed by atoms with Gasteiger partial charge in [-0.1, -0.05) is 18.1 Å². The van der Waals surface area contributed by atoms with Crippen LogP contribution in [0, 0.1) is 32.0 Å². The van der Waals surface area contributed by atoms with E-state index in [1.54, 1.807) is 18.3 Å². The van der Waals surface area contributed by atoms with E-state index in [1.807, 2.05) is 13.1 Å². The van der Waals surface area contributed by atoms with E-state index >= 15 is 0 Å². The molecule has 0 amide bonds. The molecule has 24 heavy (non-hydrogen) atoms. The number of pyridine rings is 1. The maximum Gasteiger partial charge on any atom is 0.162 e. The van der Waals surface area contributed by atoms with Gasteiger partial charge in [0, 0.05) is 17.3 Å². The molecule has 1 aromatic carbocycles. The molecule has 0 saturated heterocycles. The van der Waals surface area contributed by atoms with Crippen LogP contribution in [0.15, 0.2) is 36.7 Å². The molecule has 0 aliphatic heterocycles. The molecule has 0 aliphatic carbocycles. The molecule has 3 rings (SSSR count). The predicted octanol–water partition coefficient (Wildman–Crippen LogP) is 4.43. The number of halogens is 2. The molecule has 2 heterocycles. The summed E-state index contributed by atoms with van der Waals surface area (Å²) < 4.78 is 21.0. The van der Waals surface area contributed by atoms with Crippen LogP contribution in [0.5, 0.6) is 5.75 Å². The van der Waals surface area contributed by atoms with Gasteiger partial charge in [-0.05, 0) is 37.1 Å². The zero-order chi connectivity index (χ0) is 16.4. The highest BCUT2D eigenvalue weighted by Gasteiger charge is 2.15. The van der Waals surface area contributed by atoms with Crippen molar-refractivity contribution in [1.29, 1.82) is 0 Å². The summed E-state index contributed by atoms with van der Waals surface area (Å²) >= 11 is 0. The Kier molecular flexibility index (Phi) is 5.48. The third-order valence-electron chi connectivity index (χ3n) is 4.06. The van der Waals surface area contributed by atoms with Crippen molar-refractivity contribution in [3.8, 4) is 18.1 Å². The quantitative estimate of drug-likeness (QED) is 0.655. The second-order valence-corrected chi connectivity index (χ2v) is 5.45. The monoisotopic (exact) mass is 344 g/mol. The first kappa shape index (κ1) is 17.8. The summed E-state index contributed by atoms with van der Waals surface area (Å²) in [4.78, 5) is 4.26. The molecule has 3 nitrogen and oxygen atoms in total. The van der Waals surface area contributed by atoms with Crippen LogP contribution in [-0.2, 0) is 13.2 Å². The van der Waals surface area contributed by atoms with Crippen molar-refractivity contribution in [2.45, 2.75) is 27.0 Å². The Morgan fingerprint density at radius 1 is 1.21 bits per heavy atom. The topological polar surface area (TPSA) is 27.1 Å². The molecular weight excluding hydrogens is 327 g/mol. The Bertz CT molecular complexity index is 894. The van der Waals surface area contributed by atoms with Crippen molar-refractivity contribution >= 4 is 23.3 Å². The van der Waals surface area contributed by atoms with Gasteiger partial charge in [0.25, 0.3) is 0 Å². The molecule has 0 saturated carbocycles. The van der Waals surface area contributed by atoms with Crippen LogP contribution in [0.3, 0.4) is 0 Å². The van der Waals surface area contributed by atoms with Crippen LogP contribution in [0.25, 0.3) is 10.9 Å². The van der Waals surface area contributed by atoms with Crippen LogP contribution in [0.1, 0.15) is 16.8 Å². The molecule has 3 aromatic rings. The Balaban J connectivity index is 0.00000208. The molecule has 0 spiro atoms. The molecule has 2 aromatic heterocycles. The lowest BCUT2D eigenvalue weighted by molar-refractivity contribution is 0.307. The van der Waals surface area contributed by atoms with E-state index in [0.29, 0.717) is 18.9 Å². The molecule has 0 radical (unpaired) electrons. The Morgan fingerprint density at radius 2 is 1.92 bits per heavy atom. The lowest BCUT2D eigenvalue weighted by Crippen LogP contribution is -2.02. The number of aromatic nitrogens is 2. The van der Waals surface area contributed by atoms with Crippen LogP contribution in [-0.4, -0.2) is 9.55 Å². The van der Waals surface area contributed by atoms with Gasteiger partial charge in [-0.25, -0.2) is 4.39 Å². The summed E-state index contributed by atoms with van der Waals surface area (Å²) in [5, 5.41) is 1.04. The molecule has 124 valence electrons. The van der Waals surface area contributed by atoms with Crippen molar-refractivity contribution in [3.05, 3.63) is 59.3 Å². The number of benzene rings is 1. The van der Waals surface area contributed by atoms with Gasteiger partial charge in [-0.15, -0.1) is 18.8 Å². The maximum absolute atomic E-state index is 13.0. The van der Waals surface area contributed by atoms with Crippen molar-refractivity contribution < 1.29 is 9.13 Å². The number of aryl methyl sites for hydroxylation is 1. The smallest absolute Gasteiger partial charge is 0.162 e. The zero-order valence-corrected chi connectivity index (χ0v) is 14.4. The Labute approximate surface area is 146 Å². The highest BCUT2D eigenvalue weighted by atomic mass is 35.5. The van der Waals surface area contributed by atoms with Crippen molar-refractivity contribution in [3.63, 3.8) is 0 Å². The summed E-state index contributed by atoms with van der Waals surface area (Å²) in [6.45, 7) is 4.92. The fraction of sp³-hybridized carbons (Fsp3) is 0.211. The van der Waals surface area contributed by atoms with Crippen LogP contribution in [0.4, 0.5) is 4.39 Å². The van der Waals surface area contributed by atoms with Gasteiger partial charge >= 0.3 is 0 Å². The minimum absolute atomic E-state index is 0. The van der Waals surface area contributed by atoms with E-state index in [4.69, 9.17) is 11.2 Å². The fourth-order valence-corrected chi connectivity index (χ4v) is 2.69. The van der Waals surface area contributed by atoms with E-state index in [-0.39, 0.29) is 18.2 Å². The highest BCUT2D eigenvalue weighted by molar-refractivity contribution is 5.89. The molecule has 0 aliphatic rings. The summed E-state index contributed by atoms with van der Waals surface area (Å²) in [7, 11) is 0. The second kappa shape index (κ2) is 7.37. The lowest BCUT2D eigenvalue weighted by Gasteiger charge is -2.10. The number of hydrogen-bond donors (Lipinski definition) is 0. The van der Waals surface area contributed by atoms with E-state index in [9.17, 15) is 4.39 Å². The van der Waals surface area contributed by atoms with E-state index < -0.39 is 0 Å². The summed E-state index contributed by atoms with van der Waals surface area (Å²) in [6, 6.07) is 6.26. The highest BCUT2D eigenvalue weighted by Crippen LogP contribution is 2.31. The van der Waals surface area contributed by atoms with E-state index in [2.05, 4.69) is 22.4 Å². The molecule has 0 N–H and O–H groups in total. The van der Waals surface area contributed by atoms with Crippen molar-refractivity contribution in [2.75, 3.05) is 0 Å². The third kappa shape index (κ3) is 3.22. The Hall–Kier alpha value is -2.51. The third-order valence-corrected chi connectivity index (χ3v) is 4.06. The zero-order valence-electron chi connectivity index (χ0n) is 13.5. The van der Waals surface area contributed by atoms with Gasteiger partial charge in [-0.3, -0.25) is 4.98 Å². The standard InChI is InChI=1S/C19H17FN2O.ClH/c1-4-9-22-14(3)13(2)17-10-21-11-18(19(17)22)23-12-15-5-7-16(20)8-6-15;/h1,5-8,10-11H,9,12H2,2-3H3;1H. The maximum atomic E-state index is 13.0. The first-order chi connectivity index (χ1) is 11.1. The minimum atomic E-state index is -0.258. The molecule has 5 heteroatoms.